The summed E-state index contributed by atoms with van der Waals surface area (Å²) < 4.78 is 1.62. The minimum Gasteiger partial charge on any atom is -0.258 e. The van der Waals surface area contributed by atoms with Crippen LogP contribution < -0.4 is 0 Å². The first-order valence-corrected chi connectivity index (χ1v) is 8.63. The Bertz CT molecular complexity index is 684. The lowest BCUT2D eigenvalue weighted by Gasteiger charge is -2.21. The molecule has 0 saturated carbocycles. The molecule has 0 bridgehead atoms. The molecule has 11 heteroatoms. The van der Waals surface area contributed by atoms with Crippen LogP contribution in [0.3, 0.4) is 0 Å². The molecule has 0 N–H and O–H groups in total. The van der Waals surface area contributed by atoms with E-state index in [9.17, 15) is 25.5 Å². The van der Waals surface area contributed by atoms with Crippen LogP contribution in [0.15, 0.2) is 12.1 Å². The van der Waals surface area contributed by atoms with Crippen LogP contribution in [0.2, 0.25) is 0 Å². The Hall–Kier alpha value is -1.90. The topological polar surface area (TPSA) is 113 Å². The van der Waals surface area contributed by atoms with Crippen LogP contribution in [0.4, 0.5) is 11.4 Å². The van der Waals surface area contributed by atoms with Crippen LogP contribution in [0.5, 0.6) is 0 Å². The highest BCUT2D eigenvalue weighted by atomic mass is 32.2. The number of thiocarbonyl (C=S) groups is 1. The van der Waals surface area contributed by atoms with Gasteiger partial charge in [0.25, 0.3) is 11.4 Å². The second-order valence-corrected chi connectivity index (χ2v) is 6.93. The number of nitriles is 1. The first-order valence-electron chi connectivity index (χ1n) is 6.34. The lowest BCUT2D eigenvalue weighted by atomic mass is 10.1. The monoisotopic (exact) mass is 372 g/mol. The second-order valence-electron chi connectivity index (χ2n) is 3.91. The predicted octanol–water partition coefficient (Wildman–Crippen LogP) is 3.69. The van der Waals surface area contributed by atoms with Gasteiger partial charge >= 0.3 is 0 Å². The number of benzene rings is 1. The first kappa shape index (κ1) is 19.1. The van der Waals surface area contributed by atoms with Crippen molar-refractivity contribution in [2.75, 3.05) is 11.5 Å². The normalized spacial score (nSPS) is 9.96. The second kappa shape index (κ2) is 8.66. The average Bonchev–Trinajstić information content (AvgIpc) is 2.52. The Labute approximate surface area is 146 Å². The van der Waals surface area contributed by atoms with Gasteiger partial charge in [-0.1, -0.05) is 26.1 Å². The molecule has 1 aromatic rings. The van der Waals surface area contributed by atoms with Crippen molar-refractivity contribution >= 4 is 52.5 Å². The van der Waals surface area contributed by atoms with Gasteiger partial charge in [-0.3, -0.25) is 20.2 Å². The van der Waals surface area contributed by atoms with Crippen molar-refractivity contribution in [1.82, 2.24) is 3.71 Å². The molecule has 0 unspecified atom stereocenters. The van der Waals surface area contributed by atoms with Crippen LogP contribution in [-0.2, 0) is 0 Å². The van der Waals surface area contributed by atoms with E-state index in [-0.39, 0.29) is 16.1 Å². The fourth-order valence-electron chi connectivity index (χ4n) is 1.65. The molecule has 0 spiro atoms. The maximum atomic E-state index is 11.3. The smallest absolute Gasteiger partial charge is 0.258 e. The third-order valence-corrected chi connectivity index (χ3v) is 5.10. The zero-order valence-corrected chi connectivity index (χ0v) is 14.7. The van der Waals surface area contributed by atoms with Crippen molar-refractivity contribution in [1.29, 1.82) is 5.26 Å². The molecule has 0 saturated heterocycles. The minimum absolute atomic E-state index is 0.0694. The van der Waals surface area contributed by atoms with Crippen molar-refractivity contribution in [3.8, 4) is 6.07 Å². The molecule has 0 radical (unpaired) electrons. The van der Waals surface area contributed by atoms with Crippen LogP contribution in [0, 0.1) is 31.6 Å². The Morgan fingerprint density at radius 1 is 1.26 bits per heavy atom. The summed E-state index contributed by atoms with van der Waals surface area (Å²) in [5.74, 6) is 1.35. The first-order chi connectivity index (χ1) is 10.9. The number of rotatable bonds is 7. The Morgan fingerprint density at radius 3 is 2.22 bits per heavy atom. The molecule has 1 aromatic carbocycles. The van der Waals surface area contributed by atoms with Crippen molar-refractivity contribution < 1.29 is 9.85 Å². The number of non-ortho nitro benzene ring substituents is 1. The maximum absolute atomic E-state index is 11.3. The molecule has 0 fully saturated rings. The Balaban J connectivity index is 3.55. The van der Waals surface area contributed by atoms with E-state index in [0.717, 1.165) is 12.1 Å². The summed E-state index contributed by atoms with van der Waals surface area (Å²) in [5.41, 5.74) is -1.31. The SMILES string of the molecule is CCSN(SCC)C(=S)c1c(C#N)cc([N+](=O)[O-])cc1[N+](=O)[O-]. The average molecular weight is 372 g/mol. The fraction of sp³-hybridized carbons (Fsp3) is 0.333. The lowest BCUT2D eigenvalue weighted by Crippen LogP contribution is -2.20. The van der Waals surface area contributed by atoms with Gasteiger partial charge in [-0.05, 0) is 23.9 Å². The van der Waals surface area contributed by atoms with Crippen molar-refractivity contribution in [3.05, 3.63) is 43.5 Å². The number of nitrogens with zero attached hydrogens (tertiary/aromatic N) is 4. The van der Waals surface area contributed by atoms with Crippen LogP contribution in [0.25, 0.3) is 0 Å². The van der Waals surface area contributed by atoms with Gasteiger partial charge in [-0.15, -0.1) is 0 Å². The van der Waals surface area contributed by atoms with Gasteiger partial charge in [0.05, 0.1) is 21.5 Å². The Morgan fingerprint density at radius 2 is 1.83 bits per heavy atom. The maximum Gasteiger partial charge on any atom is 0.287 e. The number of nitro benzene ring substituents is 2. The molecule has 23 heavy (non-hydrogen) atoms. The highest BCUT2D eigenvalue weighted by molar-refractivity contribution is 8.13. The molecular weight excluding hydrogens is 360 g/mol. The highest BCUT2D eigenvalue weighted by Crippen LogP contribution is 2.34. The quantitative estimate of drug-likeness (QED) is 0.306. The molecule has 0 amide bonds. The van der Waals surface area contributed by atoms with Crippen LogP contribution in [0.1, 0.15) is 25.0 Å². The summed E-state index contributed by atoms with van der Waals surface area (Å²) in [7, 11) is 0. The summed E-state index contributed by atoms with van der Waals surface area (Å²) in [5, 5.41) is 31.4. The Kier molecular flexibility index (Phi) is 7.21. The standard InChI is InChI=1S/C12H12N4O4S3/c1-3-22-16(23-4-2)12(21)11-8(7-13)5-9(14(17)18)6-10(11)15(19)20/h5-6H,3-4H2,1-2H3. The number of hydrogen-bond donors (Lipinski definition) is 0. The van der Waals surface area contributed by atoms with E-state index < -0.39 is 21.2 Å². The number of hydrogen-bond acceptors (Lipinski definition) is 8. The molecule has 0 aliphatic carbocycles. The lowest BCUT2D eigenvalue weighted by molar-refractivity contribution is -0.394. The van der Waals surface area contributed by atoms with Crippen molar-refractivity contribution in [3.63, 3.8) is 0 Å². The molecule has 0 aliphatic rings. The zero-order valence-electron chi connectivity index (χ0n) is 12.2. The fourth-order valence-corrected chi connectivity index (χ4v) is 4.00. The molecular formula is C12H12N4O4S3. The van der Waals surface area contributed by atoms with Crippen molar-refractivity contribution in [2.45, 2.75) is 13.8 Å². The van der Waals surface area contributed by atoms with Gasteiger partial charge in [-0.25, -0.2) is 3.71 Å². The van der Waals surface area contributed by atoms with Crippen LogP contribution in [-0.4, -0.2) is 30.1 Å². The molecule has 0 heterocycles. The summed E-state index contributed by atoms with van der Waals surface area (Å²) in [6.07, 6.45) is 0. The van der Waals surface area contributed by atoms with Gasteiger partial charge in [0.15, 0.2) is 0 Å². The molecule has 0 aliphatic heterocycles. The van der Waals surface area contributed by atoms with E-state index in [2.05, 4.69) is 0 Å². The summed E-state index contributed by atoms with van der Waals surface area (Å²) in [6, 6.07) is 3.59. The molecule has 1 rings (SSSR count). The minimum atomic E-state index is -0.778. The van der Waals surface area contributed by atoms with E-state index in [1.54, 1.807) is 9.78 Å². The summed E-state index contributed by atoms with van der Waals surface area (Å²) in [4.78, 5) is 20.7. The van der Waals surface area contributed by atoms with Gasteiger partial charge in [0, 0.05) is 17.6 Å². The predicted molar refractivity (Wildman–Crippen MR) is 94.3 cm³/mol. The molecule has 0 aromatic heterocycles. The highest BCUT2D eigenvalue weighted by Gasteiger charge is 2.29. The van der Waals surface area contributed by atoms with Crippen molar-refractivity contribution in [2.24, 2.45) is 0 Å². The van der Waals surface area contributed by atoms with Gasteiger partial charge < -0.3 is 0 Å². The largest absolute Gasteiger partial charge is 0.287 e. The van der Waals surface area contributed by atoms with E-state index in [0.29, 0.717) is 11.5 Å². The van der Waals surface area contributed by atoms with Gasteiger partial charge in [-0.2, -0.15) is 5.26 Å². The van der Waals surface area contributed by atoms with Gasteiger partial charge in [0.1, 0.15) is 16.6 Å². The van der Waals surface area contributed by atoms with Gasteiger partial charge in [0.2, 0.25) is 0 Å². The molecule has 8 nitrogen and oxygen atoms in total. The van der Waals surface area contributed by atoms with E-state index >= 15 is 0 Å². The van der Waals surface area contributed by atoms with E-state index in [4.69, 9.17) is 12.2 Å². The zero-order chi connectivity index (χ0) is 17.6. The third kappa shape index (κ3) is 4.54. The molecule has 0 atom stereocenters. The van der Waals surface area contributed by atoms with E-state index in [1.807, 2.05) is 13.8 Å². The number of nitro groups is 2. The van der Waals surface area contributed by atoms with Crippen LogP contribution >= 0.6 is 36.1 Å². The molecule has 122 valence electrons. The summed E-state index contributed by atoms with van der Waals surface area (Å²) >= 11 is 7.99. The summed E-state index contributed by atoms with van der Waals surface area (Å²) in [6.45, 7) is 3.79. The van der Waals surface area contributed by atoms with E-state index in [1.165, 1.54) is 23.9 Å². The third-order valence-electron chi connectivity index (χ3n) is 2.50.